The second-order valence-corrected chi connectivity index (χ2v) is 7.81. The molecule has 0 fully saturated rings. The lowest BCUT2D eigenvalue weighted by Gasteiger charge is -2.16. The Labute approximate surface area is 182 Å². The minimum atomic E-state index is -0.508. The molecule has 1 aliphatic rings. The van der Waals surface area contributed by atoms with Crippen LogP contribution in [0.5, 0.6) is 0 Å². The predicted molar refractivity (Wildman–Crippen MR) is 113 cm³/mol. The van der Waals surface area contributed by atoms with Crippen LogP contribution in [0.1, 0.15) is 36.0 Å². The van der Waals surface area contributed by atoms with Crippen molar-refractivity contribution >= 4 is 11.6 Å². The van der Waals surface area contributed by atoms with Crippen LogP contribution in [0, 0.1) is 18.6 Å². The summed E-state index contributed by atoms with van der Waals surface area (Å²) in [6, 6.07) is 10.9. The van der Waals surface area contributed by atoms with E-state index in [0.29, 0.717) is 48.4 Å². The van der Waals surface area contributed by atoms with Gasteiger partial charge in [0.05, 0.1) is 6.10 Å². The van der Waals surface area contributed by atoms with Crippen LogP contribution in [0.15, 0.2) is 48.8 Å². The van der Waals surface area contributed by atoms with Gasteiger partial charge in [0, 0.05) is 18.2 Å². The third-order valence-electron chi connectivity index (χ3n) is 5.62. The molecule has 2 atom stereocenters. The van der Waals surface area contributed by atoms with Gasteiger partial charge >= 0.3 is 0 Å². The van der Waals surface area contributed by atoms with Crippen LogP contribution < -0.4 is 5.32 Å². The Bertz CT molecular complexity index is 1250. The highest BCUT2D eigenvalue weighted by atomic mass is 19.1. The average Bonchev–Trinajstić information content (AvgIpc) is 3.33. The lowest BCUT2D eigenvalue weighted by Crippen LogP contribution is -2.12. The van der Waals surface area contributed by atoms with Crippen molar-refractivity contribution in [2.45, 2.75) is 38.3 Å². The van der Waals surface area contributed by atoms with Gasteiger partial charge in [-0.05, 0) is 55.7 Å². The quantitative estimate of drug-likeness (QED) is 0.508. The first kappa shape index (κ1) is 20.3. The molecule has 2 aromatic heterocycles. The van der Waals surface area contributed by atoms with Crippen LogP contribution in [0.25, 0.3) is 5.69 Å². The maximum absolute atomic E-state index is 14.7. The molecule has 0 amide bonds. The van der Waals surface area contributed by atoms with Crippen LogP contribution in [0.2, 0.25) is 0 Å². The Kier molecular flexibility index (Phi) is 5.14. The van der Waals surface area contributed by atoms with E-state index in [4.69, 9.17) is 0 Å². The van der Waals surface area contributed by atoms with E-state index in [0.717, 1.165) is 5.56 Å². The number of aryl methyl sites for hydroxylation is 2. The fourth-order valence-corrected chi connectivity index (χ4v) is 4.00. The highest BCUT2D eigenvalue weighted by molar-refractivity contribution is 5.56. The summed E-state index contributed by atoms with van der Waals surface area (Å²) in [7, 11) is 0. The number of hydrogen-bond acceptors (Lipinski definition) is 6. The maximum atomic E-state index is 14.7. The van der Waals surface area contributed by atoms with E-state index >= 15 is 0 Å². The van der Waals surface area contributed by atoms with Crippen LogP contribution >= 0.6 is 0 Å². The van der Waals surface area contributed by atoms with Crippen LogP contribution in [-0.2, 0) is 6.54 Å². The van der Waals surface area contributed by atoms with E-state index in [1.54, 1.807) is 35.9 Å². The number of nitrogens with one attached hydrogen (secondary N) is 1. The summed E-state index contributed by atoms with van der Waals surface area (Å²) in [5.74, 6) is 0.567. The van der Waals surface area contributed by atoms with Gasteiger partial charge in [-0.2, -0.15) is 10.1 Å². The van der Waals surface area contributed by atoms with Crippen molar-refractivity contribution < 1.29 is 13.9 Å². The number of halogens is 2. The molecule has 2 N–H and O–H groups in total. The van der Waals surface area contributed by atoms with E-state index in [1.165, 1.54) is 29.2 Å². The number of anilines is 2. The molecule has 4 aromatic rings. The first-order valence-corrected chi connectivity index (χ1v) is 10.3. The summed E-state index contributed by atoms with van der Waals surface area (Å²) in [6.45, 7) is 2.25. The summed E-state index contributed by atoms with van der Waals surface area (Å²) < 4.78 is 31.3. The molecule has 0 aliphatic carbocycles. The molecule has 2 aromatic carbocycles. The molecule has 0 saturated carbocycles. The van der Waals surface area contributed by atoms with Crippen molar-refractivity contribution in [3.8, 4) is 5.69 Å². The Morgan fingerprint density at radius 2 is 1.94 bits per heavy atom. The molecule has 1 aliphatic heterocycles. The number of aliphatic hydroxyl groups excluding tert-OH is 1. The summed E-state index contributed by atoms with van der Waals surface area (Å²) >= 11 is 0. The molecule has 5 rings (SSSR count). The van der Waals surface area contributed by atoms with E-state index in [2.05, 4.69) is 25.5 Å². The zero-order chi connectivity index (χ0) is 22.2. The summed E-state index contributed by atoms with van der Waals surface area (Å²) in [5.41, 5.74) is 1.64. The fourth-order valence-electron chi connectivity index (χ4n) is 4.00. The van der Waals surface area contributed by atoms with Crippen LogP contribution in [0.3, 0.4) is 0 Å². The first-order chi connectivity index (χ1) is 15.5. The van der Waals surface area contributed by atoms with Crippen molar-refractivity contribution in [1.29, 1.82) is 0 Å². The molecule has 32 heavy (non-hydrogen) atoms. The zero-order valence-corrected chi connectivity index (χ0v) is 17.3. The highest BCUT2D eigenvalue weighted by Gasteiger charge is 2.28. The van der Waals surface area contributed by atoms with Gasteiger partial charge in [0.25, 0.3) is 0 Å². The van der Waals surface area contributed by atoms with E-state index in [-0.39, 0.29) is 11.7 Å². The lowest BCUT2D eigenvalue weighted by molar-refractivity contribution is 0.150. The zero-order valence-electron chi connectivity index (χ0n) is 17.3. The molecule has 0 bridgehead atoms. The molecule has 10 heteroatoms. The summed E-state index contributed by atoms with van der Waals surface area (Å²) in [5, 5.41) is 21.9. The number of aliphatic hydroxyl groups is 1. The number of aromatic nitrogens is 6. The Hall–Kier alpha value is -3.66. The summed E-state index contributed by atoms with van der Waals surface area (Å²) in [6.07, 6.45) is 1.86. The minimum absolute atomic E-state index is 0.231. The standard InChI is InChI=1S/C22H21F2N7O/c1-13-25-12-26-31(13)20-7-6-16(10-19(20)24)27-22-28-21-18(14-2-4-15(23)5-3-14)11-17(32)8-9-30(21)29-22/h2-7,10,12,17-18,32H,8-9,11H2,1H3,(H,27,29)/t17-,18+/m0/s1. The topological polar surface area (TPSA) is 93.7 Å². The number of benzene rings is 2. The van der Waals surface area contributed by atoms with Gasteiger partial charge in [-0.3, -0.25) is 0 Å². The molecule has 0 radical (unpaired) electrons. The maximum Gasteiger partial charge on any atom is 0.246 e. The van der Waals surface area contributed by atoms with E-state index in [9.17, 15) is 13.9 Å². The van der Waals surface area contributed by atoms with Gasteiger partial charge < -0.3 is 10.4 Å². The van der Waals surface area contributed by atoms with Crippen molar-refractivity contribution in [2.24, 2.45) is 0 Å². The molecule has 8 nitrogen and oxygen atoms in total. The van der Waals surface area contributed by atoms with Crippen LogP contribution in [-0.4, -0.2) is 40.7 Å². The predicted octanol–water partition coefficient (Wildman–Crippen LogP) is 3.48. The van der Waals surface area contributed by atoms with Gasteiger partial charge in [-0.25, -0.2) is 23.1 Å². The number of fused-ring (bicyclic) bond motifs is 1. The van der Waals surface area contributed by atoms with Crippen molar-refractivity contribution in [2.75, 3.05) is 5.32 Å². The van der Waals surface area contributed by atoms with Crippen molar-refractivity contribution in [3.63, 3.8) is 0 Å². The average molecular weight is 437 g/mol. The molecule has 164 valence electrons. The minimum Gasteiger partial charge on any atom is -0.393 e. The van der Waals surface area contributed by atoms with Gasteiger partial charge in [0.2, 0.25) is 5.95 Å². The Morgan fingerprint density at radius 1 is 1.12 bits per heavy atom. The molecule has 3 heterocycles. The SMILES string of the molecule is Cc1ncnn1-c1ccc(Nc2nc3n(n2)CC[C@H](O)C[C@@H]3c2ccc(F)cc2)cc1F. The second kappa shape index (κ2) is 8.12. The monoisotopic (exact) mass is 437 g/mol. The third kappa shape index (κ3) is 3.84. The number of hydrogen-bond donors (Lipinski definition) is 2. The molecule has 0 unspecified atom stereocenters. The molecule has 0 saturated heterocycles. The smallest absolute Gasteiger partial charge is 0.246 e. The largest absolute Gasteiger partial charge is 0.393 e. The second-order valence-electron chi connectivity index (χ2n) is 7.81. The number of rotatable bonds is 4. The van der Waals surface area contributed by atoms with Gasteiger partial charge in [-0.1, -0.05) is 12.1 Å². The van der Waals surface area contributed by atoms with Crippen molar-refractivity contribution in [1.82, 2.24) is 29.5 Å². The summed E-state index contributed by atoms with van der Waals surface area (Å²) in [4.78, 5) is 8.64. The van der Waals surface area contributed by atoms with Crippen molar-refractivity contribution in [3.05, 3.63) is 77.6 Å². The molecule has 0 spiro atoms. The van der Waals surface area contributed by atoms with E-state index < -0.39 is 11.9 Å². The number of nitrogens with zero attached hydrogens (tertiary/aromatic N) is 6. The van der Waals surface area contributed by atoms with E-state index in [1.807, 2.05) is 0 Å². The lowest BCUT2D eigenvalue weighted by atomic mass is 9.92. The highest BCUT2D eigenvalue weighted by Crippen LogP contribution is 2.33. The van der Waals surface area contributed by atoms with Crippen LogP contribution in [0.4, 0.5) is 20.4 Å². The first-order valence-electron chi connectivity index (χ1n) is 10.3. The Balaban J connectivity index is 1.43. The van der Waals surface area contributed by atoms with Gasteiger partial charge in [0.1, 0.15) is 29.5 Å². The fraction of sp³-hybridized carbons (Fsp3) is 0.273. The normalized spacial score (nSPS) is 18.2. The Morgan fingerprint density at radius 3 is 2.66 bits per heavy atom. The molecular formula is C22H21F2N7O. The third-order valence-corrected chi connectivity index (χ3v) is 5.62. The molecular weight excluding hydrogens is 416 g/mol. The van der Waals surface area contributed by atoms with Gasteiger partial charge in [-0.15, -0.1) is 5.10 Å². The van der Waals surface area contributed by atoms with Gasteiger partial charge in [0.15, 0.2) is 5.82 Å².